The Labute approximate surface area is 123 Å². The maximum absolute atomic E-state index is 5.51. The van der Waals surface area contributed by atoms with Gasteiger partial charge in [0.05, 0.1) is 31.1 Å². The van der Waals surface area contributed by atoms with E-state index in [9.17, 15) is 0 Å². The average molecular weight is 282 g/mol. The lowest BCUT2D eigenvalue weighted by atomic mass is 10.1. The van der Waals surface area contributed by atoms with E-state index in [-0.39, 0.29) is 0 Å². The van der Waals surface area contributed by atoms with Crippen molar-refractivity contribution in [2.45, 2.75) is 13.5 Å². The molecular formula is C16H18N4O. The molecule has 108 valence electrons. The Morgan fingerprint density at radius 3 is 2.90 bits per heavy atom. The first kappa shape index (κ1) is 13.6. The molecule has 1 aromatic carbocycles. The van der Waals surface area contributed by atoms with Crippen LogP contribution in [0.3, 0.4) is 0 Å². The minimum Gasteiger partial charge on any atom is -0.496 e. The number of H-pyrrole nitrogens is 1. The summed E-state index contributed by atoms with van der Waals surface area (Å²) in [5.41, 5.74) is 3.87. The molecule has 3 rings (SSSR count). The lowest BCUT2D eigenvalue weighted by molar-refractivity contribution is 0.417. The number of aromatic nitrogens is 3. The van der Waals surface area contributed by atoms with Crippen LogP contribution in [-0.2, 0) is 6.54 Å². The van der Waals surface area contributed by atoms with Crippen molar-refractivity contribution < 1.29 is 4.74 Å². The highest BCUT2D eigenvalue weighted by Crippen LogP contribution is 2.32. The summed E-state index contributed by atoms with van der Waals surface area (Å²) in [7, 11) is 3.57. The van der Waals surface area contributed by atoms with Gasteiger partial charge in [0.15, 0.2) is 0 Å². The minimum absolute atomic E-state index is 0.705. The number of pyridine rings is 1. The zero-order valence-electron chi connectivity index (χ0n) is 12.4. The number of methoxy groups -OCH3 is 1. The number of imidazole rings is 1. The second-order valence-corrected chi connectivity index (χ2v) is 4.97. The largest absolute Gasteiger partial charge is 0.496 e. The van der Waals surface area contributed by atoms with Crippen LogP contribution in [0.2, 0.25) is 0 Å². The Kier molecular flexibility index (Phi) is 3.58. The molecule has 2 N–H and O–H groups in total. The van der Waals surface area contributed by atoms with Gasteiger partial charge in [0, 0.05) is 22.7 Å². The summed E-state index contributed by atoms with van der Waals surface area (Å²) in [6.07, 6.45) is 1.83. The third kappa shape index (κ3) is 2.60. The third-order valence-corrected chi connectivity index (χ3v) is 3.41. The number of fused-ring (bicyclic) bond motifs is 1. The number of benzene rings is 1. The highest BCUT2D eigenvalue weighted by molar-refractivity contribution is 5.87. The summed E-state index contributed by atoms with van der Waals surface area (Å²) in [4.78, 5) is 12.2. The predicted octanol–water partition coefficient (Wildman–Crippen LogP) is 2.66. The van der Waals surface area contributed by atoms with Gasteiger partial charge in [-0.05, 0) is 26.1 Å². The van der Waals surface area contributed by atoms with Crippen molar-refractivity contribution >= 4 is 10.9 Å². The van der Waals surface area contributed by atoms with Gasteiger partial charge in [0.2, 0.25) is 0 Å². The molecular weight excluding hydrogens is 264 g/mol. The fraction of sp³-hybridized carbons (Fsp3) is 0.250. The average Bonchev–Trinajstić information content (AvgIpc) is 2.94. The molecule has 3 aromatic rings. The van der Waals surface area contributed by atoms with Crippen molar-refractivity contribution in [1.29, 1.82) is 0 Å². The molecule has 0 radical (unpaired) electrons. The van der Waals surface area contributed by atoms with E-state index in [2.05, 4.69) is 32.4 Å². The van der Waals surface area contributed by atoms with E-state index in [0.29, 0.717) is 6.54 Å². The van der Waals surface area contributed by atoms with Gasteiger partial charge >= 0.3 is 0 Å². The van der Waals surface area contributed by atoms with Crippen molar-refractivity contribution in [3.63, 3.8) is 0 Å². The Morgan fingerprint density at radius 1 is 1.29 bits per heavy atom. The van der Waals surface area contributed by atoms with Crippen molar-refractivity contribution in [2.24, 2.45) is 0 Å². The molecule has 2 heterocycles. The molecule has 0 aliphatic heterocycles. The van der Waals surface area contributed by atoms with Crippen molar-refractivity contribution in [1.82, 2.24) is 20.3 Å². The lowest BCUT2D eigenvalue weighted by Gasteiger charge is -2.09. The van der Waals surface area contributed by atoms with E-state index in [0.717, 1.165) is 39.4 Å². The minimum atomic E-state index is 0.705. The van der Waals surface area contributed by atoms with E-state index in [4.69, 9.17) is 4.74 Å². The van der Waals surface area contributed by atoms with Gasteiger partial charge in [0.1, 0.15) is 11.6 Å². The van der Waals surface area contributed by atoms with Gasteiger partial charge in [-0.15, -0.1) is 0 Å². The highest BCUT2D eigenvalue weighted by Gasteiger charge is 2.11. The molecule has 21 heavy (non-hydrogen) atoms. The number of aromatic amines is 1. The Hall–Kier alpha value is -2.40. The first-order chi connectivity index (χ1) is 10.2. The first-order valence-corrected chi connectivity index (χ1v) is 6.85. The number of hydrogen-bond donors (Lipinski definition) is 2. The van der Waals surface area contributed by atoms with Crippen molar-refractivity contribution in [3.8, 4) is 17.0 Å². The second kappa shape index (κ2) is 5.54. The second-order valence-electron chi connectivity index (χ2n) is 4.97. The topological polar surface area (TPSA) is 62.8 Å². The van der Waals surface area contributed by atoms with Crippen molar-refractivity contribution in [3.05, 3.63) is 42.0 Å². The standard InChI is InChI=1S/C16H18N4O/c1-10-4-5-11-6-12(15(21-3)7-13(11)19-10)14-8-18-16(20-14)9-17-2/h4-8,17H,9H2,1-3H3,(H,18,20). The van der Waals surface area contributed by atoms with Crippen LogP contribution in [0.25, 0.3) is 22.2 Å². The smallest absolute Gasteiger partial charge is 0.130 e. The van der Waals surface area contributed by atoms with Gasteiger partial charge in [-0.25, -0.2) is 4.98 Å². The van der Waals surface area contributed by atoms with Crippen LogP contribution < -0.4 is 10.1 Å². The maximum atomic E-state index is 5.51. The van der Waals surface area contributed by atoms with Gasteiger partial charge < -0.3 is 15.0 Å². The Morgan fingerprint density at radius 2 is 2.14 bits per heavy atom. The van der Waals surface area contributed by atoms with Crippen LogP contribution in [0.5, 0.6) is 5.75 Å². The van der Waals surface area contributed by atoms with Crippen LogP contribution in [0, 0.1) is 6.92 Å². The summed E-state index contributed by atoms with van der Waals surface area (Å²) in [5.74, 6) is 1.69. The molecule has 0 aliphatic rings. The molecule has 2 aromatic heterocycles. The molecule has 0 amide bonds. The van der Waals surface area contributed by atoms with Crippen LogP contribution in [0.4, 0.5) is 0 Å². The Balaban J connectivity index is 2.13. The Bertz CT molecular complexity index is 779. The number of nitrogens with zero attached hydrogens (tertiary/aromatic N) is 2. The predicted molar refractivity (Wildman–Crippen MR) is 83.4 cm³/mol. The van der Waals surface area contributed by atoms with Crippen LogP contribution in [0.15, 0.2) is 30.5 Å². The molecule has 5 nitrogen and oxygen atoms in total. The molecule has 0 unspecified atom stereocenters. The first-order valence-electron chi connectivity index (χ1n) is 6.85. The molecule has 0 saturated carbocycles. The summed E-state index contributed by atoms with van der Waals surface area (Å²) in [6, 6.07) is 8.14. The number of rotatable bonds is 4. The summed E-state index contributed by atoms with van der Waals surface area (Å²) < 4.78 is 5.51. The van der Waals surface area contributed by atoms with Gasteiger partial charge in [-0.1, -0.05) is 6.07 Å². The van der Waals surface area contributed by atoms with E-state index in [1.165, 1.54) is 0 Å². The number of aryl methyl sites for hydroxylation is 1. The summed E-state index contributed by atoms with van der Waals surface area (Å²) >= 11 is 0. The van der Waals surface area contributed by atoms with E-state index in [1.807, 2.05) is 32.3 Å². The quantitative estimate of drug-likeness (QED) is 0.772. The number of hydrogen-bond acceptors (Lipinski definition) is 4. The molecule has 0 spiro atoms. The number of nitrogens with one attached hydrogen (secondary N) is 2. The van der Waals surface area contributed by atoms with E-state index in [1.54, 1.807) is 7.11 Å². The van der Waals surface area contributed by atoms with E-state index >= 15 is 0 Å². The van der Waals surface area contributed by atoms with Crippen molar-refractivity contribution in [2.75, 3.05) is 14.2 Å². The van der Waals surface area contributed by atoms with Crippen LogP contribution in [0.1, 0.15) is 11.5 Å². The van der Waals surface area contributed by atoms with Gasteiger partial charge in [-0.3, -0.25) is 4.98 Å². The van der Waals surface area contributed by atoms with Gasteiger partial charge in [-0.2, -0.15) is 0 Å². The molecule has 0 atom stereocenters. The zero-order chi connectivity index (χ0) is 14.8. The third-order valence-electron chi connectivity index (χ3n) is 3.41. The van der Waals surface area contributed by atoms with E-state index < -0.39 is 0 Å². The molecule has 0 saturated heterocycles. The fourth-order valence-electron chi connectivity index (χ4n) is 2.39. The SMILES string of the molecule is CNCc1ncc(-c2cc3ccc(C)nc3cc2OC)[nH]1. The molecule has 0 fully saturated rings. The highest BCUT2D eigenvalue weighted by atomic mass is 16.5. The van der Waals surface area contributed by atoms with Crippen LogP contribution >= 0.6 is 0 Å². The zero-order valence-corrected chi connectivity index (χ0v) is 12.4. The lowest BCUT2D eigenvalue weighted by Crippen LogP contribution is -2.06. The number of ether oxygens (including phenoxy) is 1. The van der Waals surface area contributed by atoms with Crippen LogP contribution in [-0.4, -0.2) is 29.1 Å². The molecule has 5 heteroatoms. The normalized spacial score (nSPS) is 11.0. The monoisotopic (exact) mass is 282 g/mol. The molecule has 0 bridgehead atoms. The summed E-state index contributed by atoms with van der Waals surface area (Å²) in [6.45, 7) is 2.69. The maximum Gasteiger partial charge on any atom is 0.130 e. The summed E-state index contributed by atoms with van der Waals surface area (Å²) in [5, 5.41) is 4.16. The molecule has 0 aliphatic carbocycles. The van der Waals surface area contributed by atoms with Gasteiger partial charge in [0.25, 0.3) is 0 Å². The fourth-order valence-corrected chi connectivity index (χ4v) is 2.39.